The van der Waals surface area contributed by atoms with E-state index in [4.69, 9.17) is 4.74 Å². The van der Waals surface area contributed by atoms with Gasteiger partial charge in [-0.25, -0.2) is 12.8 Å². The normalized spacial score (nSPS) is 29.6. The van der Waals surface area contributed by atoms with Crippen molar-refractivity contribution in [2.24, 2.45) is 5.92 Å². The number of hydrogen-bond acceptors (Lipinski definition) is 4. The van der Waals surface area contributed by atoms with E-state index >= 15 is 0 Å². The summed E-state index contributed by atoms with van der Waals surface area (Å²) in [5, 5.41) is 3.23. The lowest BCUT2D eigenvalue weighted by atomic mass is 10.0. The fraction of sp³-hybridized carbons (Fsp3) is 0.571. The van der Waals surface area contributed by atoms with Crippen LogP contribution in [0.4, 0.5) is 4.39 Å². The van der Waals surface area contributed by atoms with E-state index < -0.39 is 15.8 Å². The Balaban J connectivity index is 1.98. The number of methoxy groups -OCH3 is 1. The zero-order valence-corrected chi connectivity index (χ0v) is 12.9. The van der Waals surface area contributed by atoms with Gasteiger partial charge in [0.25, 0.3) is 0 Å². The number of nitrogens with one attached hydrogen (secondary N) is 1. The third-order valence-electron chi connectivity index (χ3n) is 4.41. The second-order valence-electron chi connectivity index (χ2n) is 5.70. The number of rotatable bonds is 3. The molecule has 0 radical (unpaired) electrons. The van der Waals surface area contributed by atoms with Gasteiger partial charge in [-0.15, -0.1) is 0 Å². The molecule has 1 aromatic carbocycles. The van der Waals surface area contributed by atoms with Crippen molar-refractivity contribution in [1.29, 1.82) is 0 Å². The second kappa shape index (κ2) is 5.23. The molecule has 5 nitrogen and oxygen atoms in total. The Labute approximate surface area is 124 Å². The van der Waals surface area contributed by atoms with Crippen LogP contribution in [0.25, 0.3) is 0 Å². The molecular formula is C14H19FN2O3S. The van der Waals surface area contributed by atoms with Gasteiger partial charge >= 0.3 is 0 Å². The zero-order valence-electron chi connectivity index (χ0n) is 12.0. The Hall–Kier alpha value is -1.18. The highest BCUT2D eigenvalue weighted by Gasteiger charge is 2.47. The first-order valence-electron chi connectivity index (χ1n) is 7.03. The van der Waals surface area contributed by atoms with Crippen LogP contribution in [-0.2, 0) is 10.0 Å². The third kappa shape index (κ3) is 2.33. The minimum Gasteiger partial charge on any atom is -0.494 e. The lowest BCUT2D eigenvalue weighted by molar-refractivity contribution is 0.335. The van der Waals surface area contributed by atoms with Crippen LogP contribution in [0, 0.1) is 11.7 Å². The predicted octanol–water partition coefficient (Wildman–Crippen LogP) is 1.21. The van der Waals surface area contributed by atoms with E-state index in [1.807, 2.05) is 6.92 Å². The van der Waals surface area contributed by atoms with Crippen molar-refractivity contribution < 1.29 is 17.5 Å². The molecule has 0 saturated carbocycles. The summed E-state index contributed by atoms with van der Waals surface area (Å²) in [5.74, 6) is -0.270. The molecule has 0 aromatic heterocycles. The first-order valence-corrected chi connectivity index (χ1v) is 8.47. The fourth-order valence-electron chi connectivity index (χ4n) is 3.47. The molecule has 0 aliphatic carbocycles. The summed E-state index contributed by atoms with van der Waals surface area (Å²) in [5.41, 5.74) is 0. The molecule has 0 bridgehead atoms. The first-order chi connectivity index (χ1) is 9.95. The van der Waals surface area contributed by atoms with Crippen molar-refractivity contribution in [3.63, 3.8) is 0 Å². The van der Waals surface area contributed by atoms with E-state index in [1.54, 1.807) is 4.31 Å². The van der Waals surface area contributed by atoms with Gasteiger partial charge in [0, 0.05) is 18.6 Å². The molecule has 1 aromatic rings. The number of benzene rings is 1. The van der Waals surface area contributed by atoms with Gasteiger partial charge in [0.15, 0.2) is 11.6 Å². The Morgan fingerprint density at radius 2 is 2.14 bits per heavy atom. The Bertz CT molecular complexity index is 650. The van der Waals surface area contributed by atoms with Gasteiger partial charge in [0.05, 0.1) is 12.0 Å². The van der Waals surface area contributed by atoms with E-state index in [-0.39, 0.29) is 22.7 Å². The van der Waals surface area contributed by atoms with Crippen molar-refractivity contribution in [3.8, 4) is 5.75 Å². The van der Waals surface area contributed by atoms with Gasteiger partial charge in [0.1, 0.15) is 0 Å². The van der Waals surface area contributed by atoms with Crippen molar-refractivity contribution in [3.05, 3.63) is 24.0 Å². The highest BCUT2D eigenvalue weighted by molar-refractivity contribution is 7.89. The molecule has 2 aliphatic heterocycles. The maximum Gasteiger partial charge on any atom is 0.243 e. The number of nitrogens with zero attached hydrogens (tertiary/aromatic N) is 1. The van der Waals surface area contributed by atoms with Gasteiger partial charge < -0.3 is 10.1 Å². The highest BCUT2D eigenvalue weighted by atomic mass is 32.2. The Morgan fingerprint density at radius 3 is 2.81 bits per heavy atom. The van der Waals surface area contributed by atoms with E-state index in [1.165, 1.54) is 19.2 Å². The minimum absolute atomic E-state index is 0.0137. The van der Waals surface area contributed by atoms with Crippen molar-refractivity contribution in [2.45, 2.75) is 30.3 Å². The summed E-state index contributed by atoms with van der Waals surface area (Å²) in [6.45, 7) is 3.42. The number of fused-ring (bicyclic) bond motifs is 1. The molecule has 116 valence electrons. The molecule has 3 unspecified atom stereocenters. The predicted molar refractivity (Wildman–Crippen MR) is 76.2 cm³/mol. The smallest absolute Gasteiger partial charge is 0.243 e. The topological polar surface area (TPSA) is 58.6 Å². The van der Waals surface area contributed by atoms with Crippen molar-refractivity contribution in [2.75, 3.05) is 20.2 Å². The number of sulfonamides is 1. The van der Waals surface area contributed by atoms with Gasteiger partial charge in [-0.2, -0.15) is 4.31 Å². The lowest BCUT2D eigenvalue weighted by Crippen LogP contribution is -2.42. The number of halogens is 1. The van der Waals surface area contributed by atoms with Crippen LogP contribution >= 0.6 is 0 Å². The molecule has 0 spiro atoms. The zero-order chi connectivity index (χ0) is 15.2. The standard InChI is InChI=1S/C14H19FN2O3S/c1-9-5-10-7-16-8-13(10)17(9)21(18,19)11-3-4-14(20-2)12(15)6-11/h3-4,6,9-10,13,16H,5,7-8H2,1-2H3. The van der Waals surface area contributed by atoms with Crippen LogP contribution in [0.3, 0.4) is 0 Å². The van der Waals surface area contributed by atoms with Crippen LogP contribution in [0.15, 0.2) is 23.1 Å². The summed E-state index contributed by atoms with van der Waals surface area (Å²) in [6, 6.07) is 3.70. The quantitative estimate of drug-likeness (QED) is 0.911. The molecule has 21 heavy (non-hydrogen) atoms. The molecule has 3 atom stereocenters. The van der Waals surface area contributed by atoms with Crippen LogP contribution in [0.1, 0.15) is 13.3 Å². The maximum atomic E-state index is 13.8. The molecular weight excluding hydrogens is 295 g/mol. The van der Waals surface area contributed by atoms with Crippen molar-refractivity contribution >= 4 is 10.0 Å². The minimum atomic E-state index is -3.69. The molecule has 2 aliphatic rings. The summed E-state index contributed by atoms with van der Waals surface area (Å²) < 4.78 is 45.8. The average Bonchev–Trinajstić information content (AvgIpc) is 2.97. The van der Waals surface area contributed by atoms with E-state index in [0.29, 0.717) is 12.5 Å². The summed E-state index contributed by atoms with van der Waals surface area (Å²) in [4.78, 5) is -0.0137. The van der Waals surface area contributed by atoms with E-state index in [2.05, 4.69) is 5.32 Å². The molecule has 2 saturated heterocycles. The summed E-state index contributed by atoms with van der Waals surface area (Å²) in [6.07, 6.45) is 0.843. The van der Waals surface area contributed by atoms with Crippen LogP contribution in [-0.4, -0.2) is 45.0 Å². The molecule has 1 N–H and O–H groups in total. The van der Waals surface area contributed by atoms with Crippen LogP contribution in [0.5, 0.6) is 5.75 Å². The Morgan fingerprint density at radius 1 is 1.38 bits per heavy atom. The summed E-state index contributed by atoms with van der Waals surface area (Å²) >= 11 is 0. The number of hydrogen-bond donors (Lipinski definition) is 1. The number of ether oxygens (including phenoxy) is 1. The monoisotopic (exact) mass is 314 g/mol. The van der Waals surface area contributed by atoms with Gasteiger partial charge in [-0.05, 0) is 44.0 Å². The first kappa shape index (κ1) is 14.7. The van der Waals surface area contributed by atoms with Crippen molar-refractivity contribution in [1.82, 2.24) is 9.62 Å². The molecule has 2 heterocycles. The molecule has 7 heteroatoms. The average molecular weight is 314 g/mol. The highest BCUT2D eigenvalue weighted by Crippen LogP contribution is 2.37. The molecule has 2 fully saturated rings. The van der Waals surface area contributed by atoms with E-state index in [9.17, 15) is 12.8 Å². The van der Waals surface area contributed by atoms with Crippen LogP contribution in [0.2, 0.25) is 0 Å². The SMILES string of the molecule is COc1ccc(S(=O)(=O)N2C(C)CC3CNCC32)cc1F. The third-order valence-corrected chi connectivity index (χ3v) is 6.44. The van der Waals surface area contributed by atoms with E-state index in [0.717, 1.165) is 19.0 Å². The van der Waals surface area contributed by atoms with Gasteiger partial charge in [0.2, 0.25) is 10.0 Å². The summed E-state index contributed by atoms with van der Waals surface area (Å²) in [7, 11) is -2.34. The van der Waals surface area contributed by atoms with Crippen LogP contribution < -0.4 is 10.1 Å². The fourth-order valence-corrected chi connectivity index (χ4v) is 5.37. The van der Waals surface area contributed by atoms with Gasteiger partial charge in [-0.1, -0.05) is 0 Å². The van der Waals surface area contributed by atoms with Gasteiger partial charge in [-0.3, -0.25) is 0 Å². The largest absolute Gasteiger partial charge is 0.494 e. The lowest BCUT2D eigenvalue weighted by Gasteiger charge is -2.26. The maximum absolute atomic E-state index is 13.8. The molecule has 3 rings (SSSR count). The second-order valence-corrected chi connectivity index (χ2v) is 7.54. The molecule has 0 amide bonds. The Kier molecular flexibility index (Phi) is 3.67.